The highest BCUT2D eigenvalue weighted by molar-refractivity contribution is 6.19. The number of nitrogens with one attached hydrogen (secondary N) is 1. The van der Waals surface area contributed by atoms with Gasteiger partial charge in [-0.3, -0.25) is 4.79 Å². The van der Waals surface area contributed by atoms with Crippen molar-refractivity contribution in [3.8, 4) is 0 Å². The molecule has 4 nitrogen and oxygen atoms in total. The lowest BCUT2D eigenvalue weighted by Gasteiger charge is -2.02. The van der Waals surface area contributed by atoms with Crippen molar-refractivity contribution in [3.05, 3.63) is 18.2 Å². The number of rotatable bonds is 3. The summed E-state index contributed by atoms with van der Waals surface area (Å²) >= 11 is 5.40. The number of hydrogen-bond acceptors (Lipinski definition) is 3. The third-order valence-electron chi connectivity index (χ3n) is 1.39. The molecule has 0 aromatic carbocycles. The molecule has 0 radical (unpaired) electrons. The van der Waals surface area contributed by atoms with Crippen LogP contribution in [-0.2, 0) is 4.79 Å². The van der Waals surface area contributed by atoms with E-state index in [0.717, 1.165) is 0 Å². The average Bonchev–Trinajstić information content (AvgIpc) is 2.09. The molecule has 0 aliphatic rings. The summed E-state index contributed by atoms with van der Waals surface area (Å²) < 4.78 is 0. The minimum atomic E-state index is -0.123. The van der Waals surface area contributed by atoms with Gasteiger partial charge in [-0.25, -0.2) is 9.97 Å². The number of anilines is 1. The Balaban J connectivity index is 2.54. The number of aromatic nitrogens is 2. The number of nitrogens with zero attached hydrogens (tertiary/aromatic N) is 2. The van der Waals surface area contributed by atoms with Gasteiger partial charge in [0.1, 0.15) is 5.82 Å². The molecule has 1 heterocycles. The first-order chi connectivity index (χ1) is 6.22. The summed E-state index contributed by atoms with van der Waals surface area (Å²) in [5, 5.41) is 2.62. The summed E-state index contributed by atoms with van der Waals surface area (Å²) in [6, 6.07) is 0. The first-order valence-corrected chi connectivity index (χ1v) is 4.40. The van der Waals surface area contributed by atoms with Crippen LogP contribution in [0.3, 0.4) is 0 Å². The highest BCUT2D eigenvalue weighted by Gasteiger charge is 2.00. The second-order valence-corrected chi connectivity index (χ2v) is 2.88. The maximum Gasteiger partial charge on any atom is 0.225 e. The second-order valence-electron chi connectivity index (χ2n) is 2.51. The molecule has 70 valence electrons. The zero-order valence-electron chi connectivity index (χ0n) is 7.25. The van der Waals surface area contributed by atoms with E-state index in [2.05, 4.69) is 15.3 Å². The Labute approximate surface area is 81.3 Å². The number of halogens is 1. The summed E-state index contributed by atoms with van der Waals surface area (Å²) in [7, 11) is 0. The highest BCUT2D eigenvalue weighted by Crippen LogP contribution is 2.02. The van der Waals surface area contributed by atoms with Crippen LogP contribution in [0, 0.1) is 6.92 Å². The molecule has 5 heteroatoms. The van der Waals surface area contributed by atoms with Crippen molar-refractivity contribution in [2.45, 2.75) is 13.3 Å². The van der Waals surface area contributed by atoms with Crippen molar-refractivity contribution in [2.75, 3.05) is 11.2 Å². The first-order valence-electron chi connectivity index (χ1n) is 3.87. The van der Waals surface area contributed by atoms with Crippen LogP contribution in [0.25, 0.3) is 0 Å². The van der Waals surface area contributed by atoms with Crippen molar-refractivity contribution in [1.82, 2.24) is 9.97 Å². The van der Waals surface area contributed by atoms with Crippen LogP contribution < -0.4 is 5.32 Å². The molecule has 1 N–H and O–H groups in total. The molecule has 0 saturated heterocycles. The molecule has 1 aromatic heterocycles. The lowest BCUT2D eigenvalue weighted by atomic mass is 10.4. The fourth-order valence-corrected chi connectivity index (χ4v) is 0.938. The van der Waals surface area contributed by atoms with E-state index in [1.54, 1.807) is 19.3 Å². The number of hydrogen-bond donors (Lipinski definition) is 1. The zero-order chi connectivity index (χ0) is 9.68. The van der Waals surface area contributed by atoms with E-state index in [1.807, 2.05) is 0 Å². The van der Waals surface area contributed by atoms with Gasteiger partial charge in [0.25, 0.3) is 0 Å². The number of aryl methyl sites for hydroxylation is 1. The van der Waals surface area contributed by atoms with Crippen LogP contribution in [0.4, 0.5) is 5.69 Å². The van der Waals surface area contributed by atoms with Gasteiger partial charge in [-0.1, -0.05) is 0 Å². The van der Waals surface area contributed by atoms with E-state index in [9.17, 15) is 4.79 Å². The maximum absolute atomic E-state index is 11.0. The molecule has 1 amide bonds. The van der Waals surface area contributed by atoms with Gasteiger partial charge >= 0.3 is 0 Å². The molecule has 13 heavy (non-hydrogen) atoms. The number of carbonyl (C=O) groups is 1. The SMILES string of the molecule is Cc1ncc(NC(=O)CCCl)cn1. The summed E-state index contributed by atoms with van der Waals surface area (Å²) in [4.78, 5) is 18.9. The Bertz CT molecular complexity index is 286. The van der Waals surface area contributed by atoms with Gasteiger partial charge in [-0.05, 0) is 6.92 Å². The Morgan fingerprint density at radius 1 is 1.54 bits per heavy atom. The molecule has 1 rings (SSSR count). The predicted molar refractivity (Wildman–Crippen MR) is 50.7 cm³/mol. The van der Waals surface area contributed by atoms with Crippen molar-refractivity contribution >= 4 is 23.2 Å². The summed E-state index contributed by atoms with van der Waals surface area (Å²) in [6.45, 7) is 1.78. The molecule has 0 fully saturated rings. The fourth-order valence-electron chi connectivity index (χ4n) is 0.766. The predicted octanol–water partition coefficient (Wildman–Crippen LogP) is 1.35. The van der Waals surface area contributed by atoms with Crippen molar-refractivity contribution in [2.24, 2.45) is 0 Å². The topological polar surface area (TPSA) is 54.9 Å². The smallest absolute Gasteiger partial charge is 0.225 e. The standard InChI is InChI=1S/C8H10ClN3O/c1-6-10-4-7(5-11-6)12-8(13)2-3-9/h4-5H,2-3H2,1H3,(H,12,13). The molecular weight excluding hydrogens is 190 g/mol. The Kier molecular flexibility index (Phi) is 3.64. The van der Waals surface area contributed by atoms with E-state index in [4.69, 9.17) is 11.6 Å². The van der Waals surface area contributed by atoms with E-state index >= 15 is 0 Å². The van der Waals surface area contributed by atoms with Crippen LogP contribution in [0.15, 0.2) is 12.4 Å². The van der Waals surface area contributed by atoms with Gasteiger partial charge < -0.3 is 5.32 Å². The molecule has 0 aliphatic heterocycles. The van der Waals surface area contributed by atoms with Gasteiger partial charge in [-0.15, -0.1) is 11.6 Å². The van der Waals surface area contributed by atoms with E-state index in [0.29, 0.717) is 23.8 Å². The van der Waals surface area contributed by atoms with E-state index in [-0.39, 0.29) is 5.91 Å². The summed E-state index contributed by atoms with van der Waals surface area (Å²) in [5.41, 5.74) is 0.598. The zero-order valence-corrected chi connectivity index (χ0v) is 8.01. The molecule has 1 aromatic rings. The van der Waals surface area contributed by atoms with Crippen molar-refractivity contribution in [3.63, 3.8) is 0 Å². The van der Waals surface area contributed by atoms with Gasteiger partial charge in [0, 0.05) is 12.3 Å². The van der Waals surface area contributed by atoms with Gasteiger partial charge in [0.15, 0.2) is 0 Å². The first kappa shape index (κ1) is 9.92. The highest BCUT2D eigenvalue weighted by atomic mass is 35.5. The molecule has 0 aliphatic carbocycles. The summed E-state index contributed by atoms with van der Waals surface area (Å²) in [5.74, 6) is 0.872. The average molecular weight is 200 g/mol. The number of alkyl halides is 1. The molecular formula is C8H10ClN3O. The molecule has 0 spiro atoms. The molecule has 0 unspecified atom stereocenters. The number of amides is 1. The Morgan fingerprint density at radius 3 is 2.69 bits per heavy atom. The van der Waals surface area contributed by atoms with Crippen LogP contribution in [0.5, 0.6) is 0 Å². The number of carbonyl (C=O) groups excluding carboxylic acids is 1. The van der Waals surface area contributed by atoms with Crippen LogP contribution >= 0.6 is 11.6 Å². The van der Waals surface area contributed by atoms with Crippen LogP contribution in [0.2, 0.25) is 0 Å². The fraction of sp³-hybridized carbons (Fsp3) is 0.375. The minimum absolute atomic E-state index is 0.123. The quantitative estimate of drug-likeness (QED) is 0.748. The monoisotopic (exact) mass is 199 g/mol. The Morgan fingerprint density at radius 2 is 2.15 bits per heavy atom. The third-order valence-corrected chi connectivity index (χ3v) is 1.58. The van der Waals surface area contributed by atoms with Crippen molar-refractivity contribution in [1.29, 1.82) is 0 Å². The maximum atomic E-state index is 11.0. The van der Waals surface area contributed by atoms with Crippen LogP contribution in [-0.4, -0.2) is 21.8 Å². The third kappa shape index (κ3) is 3.38. The minimum Gasteiger partial charge on any atom is -0.323 e. The second kappa shape index (κ2) is 4.77. The van der Waals surface area contributed by atoms with Gasteiger partial charge in [0.2, 0.25) is 5.91 Å². The molecule has 0 atom stereocenters. The van der Waals surface area contributed by atoms with Gasteiger partial charge in [-0.2, -0.15) is 0 Å². The summed E-state index contributed by atoms with van der Waals surface area (Å²) in [6.07, 6.45) is 3.43. The molecule has 0 bridgehead atoms. The van der Waals surface area contributed by atoms with Gasteiger partial charge in [0.05, 0.1) is 18.1 Å². The largest absolute Gasteiger partial charge is 0.323 e. The Hall–Kier alpha value is -1.16. The van der Waals surface area contributed by atoms with E-state index in [1.165, 1.54) is 0 Å². The molecule has 0 saturated carbocycles. The lowest BCUT2D eigenvalue weighted by Crippen LogP contribution is -2.12. The van der Waals surface area contributed by atoms with Crippen molar-refractivity contribution < 1.29 is 4.79 Å². The normalized spacial score (nSPS) is 9.69. The van der Waals surface area contributed by atoms with E-state index < -0.39 is 0 Å². The lowest BCUT2D eigenvalue weighted by molar-refractivity contribution is -0.115. The van der Waals surface area contributed by atoms with Crippen LogP contribution in [0.1, 0.15) is 12.2 Å².